The van der Waals surface area contributed by atoms with Crippen LogP contribution in [0.4, 0.5) is 0 Å². The highest BCUT2D eigenvalue weighted by molar-refractivity contribution is 8.03. The van der Waals surface area contributed by atoms with Gasteiger partial charge in [0.25, 0.3) is 0 Å². The van der Waals surface area contributed by atoms with Gasteiger partial charge in [0.1, 0.15) is 0 Å². The van der Waals surface area contributed by atoms with Crippen LogP contribution in [0.1, 0.15) is 31.2 Å². The second-order valence-corrected chi connectivity index (χ2v) is 7.29. The van der Waals surface area contributed by atoms with E-state index in [0.717, 1.165) is 12.8 Å². The van der Waals surface area contributed by atoms with Crippen LogP contribution < -0.4 is 5.73 Å². The summed E-state index contributed by atoms with van der Waals surface area (Å²) in [6.45, 7) is 0. The number of rotatable bonds is 4. The second-order valence-electron chi connectivity index (χ2n) is 4.78. The average Bonchev–Trinajstić information content (AvgIpc) is 2.85. The maximum atomic E-state index is 6.59. The van der Waals surface area contributed by atoms with E-state index in [1.807, 2.05) is 35.3 Å². The average molecular weight is 300 g/mol. The van der Waals surface area contributed by atoms with Gasteiger partial charge in [-0.15, -0.1) is 35.3 Å². The zero-order chi connectivity index (χ0) is 13.2. The molecule has 1 nitrogen and oxygen atoms in total. The zero-order valence-corrected chi connectivity index (χ0v) is 13.7. The van der Waals surface area contributed by atoms with E-state index >= 15 is 0 Å². The maximum absolute atomic E-state index is 6.59. The Balaban J connectivity index is 2.49. The monoisotopic (exact) mass is 299 g/mol. The molecule has 1 aliphatic rings. The van der Waals surface area contributed by atoms with Crippen LogP contribution in [0, 0.1) is 0 Å². The van der Waals surface area contributed by atoms with Crippen LogP contribution in [-0.4, -0.2) is 18.8 Å². The molecule has 100 valence electrons. The number of hydrogen-bond acceptors (Lipinski definition) is 4. The smallest absolute Gasteiger partial charge is 0.0410 e. The third kappa shape index (κ3) is 2.72. The molecule has 0 heterocycles. The van der Waals surface area contributed by atoms with Gasteiger partial charge in [0.15, 0.2) is 0 Å². The quantitative estimate of drug-likeness (QED) is 0.823. The predicted molar refractivity (Wildman–Crippen MR) is 86.1 cm³/mol. The second kappa shape index (κ2) is 6.12. The van der Waals surface area contributed by atoms with Gasteiger partial charge >= 0.3 is 0 Å². The topological polar surface area (TPSA) is 26.0 Å². The number of nitrogens with two attached hydrogens (primary N) is 1. The van der Waals surface area contributed by atoms with Crippen LogP contribution in [-0.2, 0) is 5.54 Å². The number of thioether (sulfide) groups is 3. The van der Waals surface area contributed by atoms with Crippen molar-refractivity contribution >= 4 is 35.3 Å². The molecular formula is C14H21NS3. The fourth-order valence-corrected chi connectivity index (χ4v) is 5.33. The van der Waals surface area contributed by atoms with Gasteiger partial charge in [-0.05, 0) is 49.3 Å². The lowest BCUT2D eigenvalue weighted by Crippen LogP contribution is -2.33. The minimum absolute atomic E-state index is 0.0775. The summed E-state index contributed by atoms with van der Waals surface area (Å²) < 4.78 is 0. The van der Waals surface area contributed by atoms with Gasteiger partial charge in [-0.25, -0.2) is 0 Å². The zero-order valence-electron chi connectivity index (χ0n) is 11.3. The summed E-state index contributed by atoms with van der Waals surface area (Å²) in [7, 11) is 0. The van der Waals surface area contributed by atoms with Crippen molar-refractivity contribution in [3.63, 3.8) is 0 Å². The van der Waals surface area contributed by atoms with Gasteiger partial charge in [-0.2, -0.15) is 0 Å². The first kappa shape index (κ1) is 14.6. The van der Waals surface area contributed by atoms with E-state index in [2.05, 4.69) is 30.9 Å². The number of benzene rings is 1. The molecule has 0 bridgehead atoms. The molecule has 18 heavy (non-hydrogen) atoms. The molecule has 1 aromatic carbocycles. The molecule has 0 spiro atoms. The van der Waals surface area contributed by atoms with Gasteiger partial charge in [0, 0.05) is 20.2 Å². The standard InChI is InChI=1S/C14H21NS3/c1-16-11-8-10(14(15)6-4-5-7-14)9-12(17-2)13(11)18-3/h8-9H,4-7,15H2,1-3H3. The van der Waals surface area contributed by atoms with Gasteiger partial charge in [0.2, 0.25) is 0 Å². The summed E-state index contributed by atoms with van der Waals surface area (Å²) in [4.78, 5) is 4.16. The Morgan fingerprint density at radius 3 is 1.83 bits per heavy atom. The summed E-state index contributed by atoms with van der Waals surface area (Å²) in [5.74, 6) is 0. The van der Waals surface area contributed by atoms with E-state index in [4.69, 9.17) is 5.73 Å². The Bertz CT molecular complexity index is 400. The third-order valence-corrected chi connectivity index (χ3v) is 6.37. The Kier molecular flexibility index (Phi) is 4.98. The Hall–Kier alpha value is 0.230. The van der Waals surface area contributed by atoms with E-state index in [-0.39, 0.29) is 5.54 Å². The van der Waals surface area contributed by atoms with Gasteiger partial charge < -0.3 is 5.73 Å². The first-order chi connectivity index (χ1) is 8.64. The maximum Gasteiger partial charge on any atom is 0.0410 e. The molecule has 2 N–H and O–H groups in total. The summed E-state index contributed by atoms with van der Waals surface area (Å²) >= 11 is 5.50. The van der Waals surface area contributed by atoms with Gasteiger partial charge in [-0.1, -0.05) is 12.8 Å². The fraction of sp³-hybridized carbons (Fsp3) is 0.571. The minimum Gasteiger partial charge on any atom is -0.321 e. The van der Waals surface area contributed by atoms with Crippen LogP contribution >= 0.6 is 35.3 Å². The Morgan fingerprint density at radius 1 is 0.944 bits per heavy atom. The van der Waals surface area contributed by atoms with Crippen molar-refractivity contribution in [2.45, 2.75) is 45.9 Å². The molecule has 0 amide bonds. The van der Waals surface area contributed by atoms with Crippen LogP contribution in [0.15, 0.2) is 26.8 Å². The lowest BCUT2D eigenvalue weighted by atomic mass is 9.89. The van der Waals surface area contributed by atoms with E-state index in [0.29, 0.717) is 0 Å². The SMILES string of the molecule is CSc1cc(C2(N)CCCC2)cc(SC)c1SC. The molecule has 0 aromatic heterocycles. The summed E-state index contributed by atoms with van der Waals surface area (Å²) in [5, 5.41) is 0. The summed E-state index contributed by atoms with van der Waals surface area (Å²) in [6, 6.07) is 4.64. The summed E-state index contributed by atoms with van der Waals surface area (Å²) in [5.41, 5.74) is 7.86. The lowest BCUT2D eigenvalue weighted by molar-refractivity contribution is 0.459. The molecule has 1 saturated carbocycles. The minimum atomic E-state index is -0.0775. The van der Waals surface area contributed by atoms with Crippen molar-refractivity contribution < 1.29 is 0 Å². The van der Waals surface area contributed by atoms with Gasteiger partial charge in [-0.3, -0.25) is 0 Å². The predicted octanol–water partition coefficient (Wildman–Crippen LogP) is 4.58. The van der Waals surface area contributed by atoms with Crippen molar-refractivity contribution in [2.75, 3.05) is 18.8 Å². The van der Waals surface area contributed by atoms with Crippen molar-refractivity contribution in [2.24, 2.45) is 5.73 Å². The largest absolute Gasteiger partial charge is 0.321 e. The van der Waals surface area contributed by atoms with Crippen molar-refractivity contribution in [3.05, 3.63) is 17.7 Å². The van der Waals surface area contributed by atoms with Crippen LogP contribution in [0.3, 0.4) is 0 Å². The highest BCUT2D eigenvalue weighted by atomic mass is 32.2. The van der Waals surface area contributed by atoms with Crippen LogP contribution in [0.25, 0.3) is 0 Å². The van der Waals surface area contributed by atoms with Gasteiger partial charge in [0.05, 0.1) is 0 Å². The molecule has 1 fully saturated rings. The Labute approximate surface area is 123 Å². The highest BCUT2D eigenvalue weighted by Gasteiger charge is 2.32. The van der Waals surface area contributed by atoms with Crippen molar-refractivity contribution in [1.29, 1.82) is 0 Å². The molecule has 2 rings (SSSR count). The van der Waals surface area contributed by atoms with Crippen molar-refractivity contribution in [3.8, 4) is 0 Å². The van der Waals surface area contributed by atoms with Crippen molar-refractivity contribution in [1.82, 2.24) is 0 Å². The van der Waals surface area contributed by atoms with E-state index in [9.17, 15) is 0 Å². The molecule has 0 saturated heterocycles. The molecular weight excluding hydrogens is 278 g/mol. The van der Waals surface area contributed by atoms with Crippen LogP contribution in [0.2, 0.25) is 0 Å². The van der Waals surface area contributed by atoms with Crippen LogP contribution in [0.5, 0.6) is 0 Å². The highest BCUT2D eigenvalue weighted by Crippen LogP contribution is 2.43. The number of hydrogen-bond donors (Lipinski definition) is 1. The molecule has 0 unspecified atom stereocenters. The normalized spacial score (nSPS) is 18.2. The lowest BCUT2D eigenvalue weighted by Gasteiger charge is -2.26. The van der Waals surface area contributed by atoms with E-state index < -0.39 is 0 Å². The molecule has 1 aromatic rings. The van der Waals surface area contributed by atoms with E-state index in [1.165, 1.54) is 33.1 Å². The molecule has 1 aliphatic carbocycles. The molecule has 4 heteroatoms. The first-order valence-electron chi connectivity index (χ1n) is 6.24. The first-order valence-corrected chi connectivity index (χ1v) is 9.91. The Morgan fingerprint density at radius 2 is 1.44 bits per heavy atom. The third-order valence-electron chi connectivity index (χ3n) is 3.74. The molecule has 0 atom stereocenters. The van der Waals surface area contributed by atoms with E-state index in [1.54, 1.807) is 0 Å². The molecule has 0 radical (unpaired) electrons. The summed E-state index contributed by atoms with van der Waals surface area (Å²) in [6.07, 6.45) is 11.3. The fourth-order valence-electron chi connectivity index (χ4n) is 2.66. The molecule has 0 aliphatic heterocycles.